The first-order valence-corrected chi connectivity index (χ1v) is 12.5. The van der Waals surface area contributed by atoms with Crippen molar-refractivity contribution >= 4 is 52.8 Å². The number of fused-ring (bicyclic) bond motifs is 1. The van der Waals surface area contributed by atoms with Crippen LogP contribution in [0.5, 0.6) is 0 Å². The number of amides is 5. The lowest BCUT2D eigenvalue weighted by atomic mass is 10.1. The van der Waals surface area contributed by atoms with Crippen LogP contribution in [0.15, 0.2) is 24.3 Å². The number of imide groups is 1. The Bertz CT molecular complexity index is 1260. The summed E-state index contributed by atoms with van der Waals surface area (Å²) in [5.74, 6) is 0.108. The number of hydrogen-bond donors (Lipinski definition) is 3. The van der Waals surface area contributed by atoms with Crippen LogP contribution in [0.25, 0.3) is 0 Å². The quantitative estimate of drug-likeness (QED) is 0.481. The number of halogens is 1. The predicted octanol–water partition coefficient (Wildman–Crippen LogP) is 1.48. The van der Waals surface area contributed by atoms with Crippen LogP contribution in [0, 0.1) is 0 Å². The molecule has 0 radical (unpaired) electrons. The number of carbonyl (C=O) groups is 4. The van der Waals surface area contributed by atoms with Gasteiger partial charge in [0.15, 0.2) is 0 Å². The molecule has 1 aromatic heterocycles. The smallest absolute Gasteiger partial charge is 0.322 e. The topological polar surface area (TPSA) is 140 Å². The maximum Gasteiger partial charge on any atom is 0.322 e. The number of nitrogens with one attached hydrogen (secondary N) is 3. The second kappa shape index (κ2) is 9.85. The minimum Gasteiger partial charge on any atom is -0.340 e. The molecule has 5 amide bonds. The number of aromatic nitrogens is 2. The van der Waals surface area contributed by atoms with Gasteiger partial charge in [0, 0.05) is 48.5 Å². The third-order valence-corrected chi connectivity index (χ3v) is 6.92. The Morgan fingerprint density at radius 2 is 1.81 bits per heavy atom. The van der Waals surface area contributed by atoms with Crippen molar-refractivity contribution in [3.05, 3.63) is 40.5 Å². The van der Waals surface area contributed by atoms with Gasteiger partial charge >= 0.3 is 6.03 Å². The molecule has 0 saturated carbocycles. The van der Waals surface area contributed by atoms with Crippen molar-refractivity contribution in [2.75, 3.05) is 36.4 Å². The number of carbonyl (C=O) groups excluding carboxylic acids is 4. The maximum absolute atomic E-state index is 13.1. The average molecular weight is 527 g/mol. The van der Waals surface area contributed by atoms with E-state index >= 15 is 0 Å². The van der Waals surface area contributed by atoms with Crippen molar-refractivity contribution in [3.63, 3.8) is 0 Å². The van der Waals surface area contributed by atoms with Gasteiger partial charge in [0.25, 0.3) is 11.8 Å². The van der Waals surface area contributed by atoms with Gasteiger partial charge < -0.3 is 25.3 Å². The SMILES string of the molecule is CC(C)N1Cc2c(Nc3ccc(Cl)cc3)nc(N3CCN(C(=O)CC4NC(=O)NC4=O)CC3)nc2C1=O. The number of rotatable bonds is 6. The van der Waals surface area contributed by atoms with Crippen molar-refractivity contribution in [2.45, 2.75) is 38.9 Å². The van der Waals surface area contributed by atoms with Crippen LogP contribution in [-0.2, 0) is 16.1 Å². The monoisotopic (exact) mass is 526 g/mol. The molecule has 3 aliphatic rings. The number of piperazine rings is 1. The molecule has 1 unspecified atom stereocenters. The summed E-state index contributed by atoms with van der Waals surface area (Å²) in [6.45, 7) is 6.03. The van der Waals surface area contributed by atoms with Crippen molar-refractivity contribution in [1.29, 1.82) is 0 Å². The van der Waals surface area contributed by atoms with E-state index in [0.717, 1.165) is 11.3 Å². The molecule has 13 heteroatoms. The highest BCUT2D eigenvalue weighted by molar-refractivity contribution is 6.30. The molecule has 5 rings (SSSR count). The van der Waals surface area contributed by atoms with Crippen LogP contribution >= 0.6 is 11.6 Å². The van der Waals surface area contributed by atoms with E-state index in [4.69, 9.17) is 16.6 Å². The Morgan fingerprint density at radius 1 is 1.11 bits per heavy atom. The lowest BCUT2D eigenvalue weighted by Crippen LogP contribution is -2.50. The molecule has 12 nitrogen and oxygen atoms in total. The number of hydrogen-bond acceptors (Lipinski definition) is 8. The van der Waals surface area contributed by atoms with Gasteiger partial charge in [-0.25, -0.2) is 9.78 Å². The Morgan fingerprint density at radius 3 is 2.43 bits per heavy atom. The Balaban J connectivity index is 1.33. The molecule has 2 fully saturated rings. The number of anilines is 3. The first kappa shape index (κ1) is 24.8. The highest BCUT2D eigenvalue weighted by atomic mass is 35.5. The van der Waals surface area contributed by atoms with E-state index < -0.39 is 18.0 Å². The maximum atomic E-state index is 13.1. The van der Waals surface area contributed by atoms with Crippen molar-refractivity contribution in [3.8, 4) is 0 Å². The molecule has 37 heavy (non-hydrogen) atoms. The lowest BCUT2D eigenvalue weighted by Gasteiger charge is -2.35. The van der Waals surface area contributed by atoms with E-state index in [1.165, 1.54) is 0 Å². The number of benzene rings is 1. The zero-order valence-corrected chi connectivity index (χ0v) is 21.2. The molecular weight excluding hydrogens is 500 g/mol. The van der Waals surface area contributed by atoms with Crippen molar-refractivity contribution < 1.29 is 19.2 Å². The van der Waals surface area contributed by atoms with Crippen LogP contribution in [0.2, 0.25) is 5.02 Å². The fourth-order valence-corrected chi connectivity index (χ4v) is 4.70. The Labute approximate surface area is 218 Å². The fourth-order valence-electron chi connectivity index (χ4n) is 4.57. The third-order valence-electron chi connectivity index (χ3n) is 6.67. The second-order valence-electron chi connectivity index (χ2n) is 9.45. The first-order valence-electron chi connectivity index (χ1n) is 12.1. The minimum absolute atomic E-state index is 0.00909. The largest absolute Gasteiger partial charge is 0.340 e. The summed E-state index contributed by atoms with van der Waals surface area (Å²) in [5.41, 5.74) is 1.89. The molecule has 2 saturated heterocycles. The molecule has 3 N–H and O–H groups in total. The van der Waals surface area contributed by atoms with Crippen LogP contribution in [0.4, 0.5) is 22.2 Å². The number of nitrogens with zero attached hydrogens (tertiary/aromatic N) is 5. The molecule has 0 aliphatic carbocycles. The average Bonchev–Trinajstić information content (AvgIpc) is 3.38. The van der Waals surface area contributed by atoms with Gasteiger partial charge in [0.05, 0.1) is 13.0 Å². The van der Waals surface area contributed by atoms with Crippen molar-refractivity contribution in [2.24, 2.45) is 0 Å². The second-order valence-corrected chi connectivity index (χ2v) is 9.88. The zero-order chi connectivity index (χ0) is 26.3. The number of urea groups is 1. The van der Waals surface area contributed by atoms with Gasteiger partial charge in [-0.1, -0.05) is 11.6 Å². The molecule has 2 aromatic rings. The molecular formula is C24H27ClN8O4. The normalized spacial score (nSPS) is 19.3. The highest BCUT2D eigenvalue weighted by Crippen LogP contribution is 2.32. The molecule has 1 atom stereocenters. The Hall–Kier alpha value is -3.93. The highest BCUT2D eigenvalue weighted by Gasteiger charge is 2.36. The molecule has 0 spiro atoms. The van der Waals surface area contributed by atoms with E-state index in [9.17, 15) is 19.2 Å². The van der Waals surface area contributed by atoms with E-state index in [1.54, 1.807) is 21.9 Å². The summed E-state index contributed by atoms with van der Waals surface area (Å²) in [6, 6.07) is 5.79. The summed E-state index contributed by atoms with van der Waals surface area (Å²) >= 11 is 6.03. The lowest BCUT2D eigenvalue weighted by molar-refractivity contribution is -0.134. The van der Waals surface area contributed by atoms with E-state index in [0.29, 0.717) is 55.2 Å². The van der Waals surface area contributed by atoms with Crippen molar-refractivity contribution in [1.82, 2.24) is 30.4 Å². The minimum atomic E-state index is -0.852. The summed E-state index contributed by atoms with van der Waals surface area (Å²) < 4.78 is 0. The van der Waals surface area contributed by atoms with E-state index in [-0.39, 0.29) is 24.3 Å². The van der Waals surface area contributed by atoms with Gasteiger partial charge in [-0.05, 0) is 38.1 Å². The fraction of sp³-hybridized carbons (Fsp3) is 0.417. The van der Waals surface area contributed by atoms with Crippen LogP contribution < -0.4 is 20.9 Å². The van der Waals surface area contributed by atoms with Crippen LogP contribution in [0.1, 0.15) is 36.3 Å². The molecule has 0 bridgehead atoms. The molecule has 4 heterocycles. The van der Waals surface area contributed by atoms with Gasteiger partial charge in [-0.15, -0.1) is 0 Å². The summed E-state index contributed by atoms with van der Waals surface area (Å²) in [5, 5.41) is 8.51. The van der Waals surface area contributed by atoms with Gasteiger partial charge in [0.2, 0.25) is 11.9 Å². The van der Waals surface area contributed by atoms with Gasteiger partial charge in [0.1, 0.15) is 17.6 Å². The zero-order valence-electron chi connectivity index (χ0n) is 20.5. The molecule has 3 aliphatic heterocycles. The Kier molecular flexibility index (Phi) is 6.59. The van der Waals surface area contributed by atoms with Gasteiger partial charge in [-0.3, -0.25) is 19.7 Å². The summed E-state index contributed by atoms with van der Waals surface area (Å²) in [4.78, 5) is 63.7. The molecule has 194 valence electrons. The summed E-state index contributed by atoms with van der Waals surface area (Å²) in [6.07, 6.45) is -0.0956. The van der Waals surface area contributed by atoms with E-state index in [1.807, 2.05) is 30.9 Å². The summed E-state index contributed by atoms with van der Waals surface area (Å²) in [7, 11) is 0. The third kappa shape index (κ3) is 5.01. The predicted molar refractivity (Wildman–Crippen MR) is 136 cm³/mol. The molecule has 1 aromatic carbocycles. The van der Waals surface area contributed by atoms with Crippen LogP contribution in [-0.4, -0.2) is 81.8 Å². The van der Waals surface area contributed by atoms with Crippen LogP contribution in [0.3, 0.4) is 0 Å². The van der Waals surface area contributed by atoms with Gasteiger partial charge in [-0.2, -0.15) is 4.98 Å². The first-order chi connectivity index (χ1) is 17.7. The standard InChI is InChI=1S/C24H27ClN8O4/c1-13(2)33-12-16-19(22(33)36)28-23(29-20(16)26-15-5-3-14(25)4-6-15)32-9-7-31(8-10-32)18(34)11-17-21(35)30-24(37)27-17/h3-6,13,17H,7-12H2,1-2H3,(H,26,28,29)(H2,27,30,35,37). The van der Waals surface area contributed by atoms with E-state index in [2.05, 4.69) is 20.9 Å².